The summed E-state index contributed by atoms with van der Waals surface area (Å²) in [6, 6.07) is 4.52. The van der Waals surface area contributed by atoms with E-state index >= 15 is 0 Å². The van der Waals surface area contributed by atoms with Crippen molar-refractivity contribution in [2.75, 3.05) is 26.2 Å². The lowest BCUT2D eigenvalue weighted by Gasteiger charge is -2.31. The fraction of sp³-hybridized carbons (Fsp3) is 0.583. The second-order valence-corrected chi connectivity index (χ2v) is 5.48. The molecule has 1 amide bonds. The highest BCUT2D eigenvalue weighted by atomic mass is 32.1. The van der Waals surface area contributed by atoms with E-state index in [1.54, 1.807) is 11.3 Å². The Morgan fingerprint density at radius 3 is 3.29 bits per heavy atom. The molecule has 5 heteroatoms. The monoisotopic (exact) mass is 253 g/mol. The van der Waals surface area contributed by atoms with Gasteiger partial charge >= 0.3 is 0 Å². The number of piperazine rings is 1. The summed E-state index contributed by atoms with van der Waals surface area (Å²) in [7, 11) is 0. The van der Waals surface area contributed by atoms with E-state index in [1.165, 1.54) is 4.88 Å². The lowest BCUT2D eigenvalue weighted by Crippen LogP contribution is -2.51. The maximum atomic E-state index is 11.7. The molecule has 2 N–H and O–H groups in total. The van der Waals surface area contributed by atoms with Gasteiger partial charge in [0.25, 0.3) is 0 Å². The van der Waals surface area contributed by atoms with Gasteiger partial charge in [-0.2, -0.15) is 0 Å². The van der Waals surface area contributed by atoms with Gasteiger partial charge in [-0.15, -0.1) is 11.3 Å². The molecule has 1 fully saturated rings. The van der Waals surface area contributed by atoms with Crippen LogP contribution in [0.2, 0.25) is 0 Å². The lowest BCUT2D eigenvalue weighted by atomic mass is 10.2. The summed E-state index contributed by atoms with van der Waals surface area (Å²) in [5.41, 5.74) is 0. The number of nitrogens with zero attached hydrogens (tertiary/aromatic N) is 1. The van der Waals surface area contributed by atoms with Gasteiger partial charge in [-0.25, -0.2) is 0 Å². The van der Waals surface area contributed by atoms with Crippen LogP contribution >= 0.6 is 11.3 Å². The van der Waals surface area contributed by atoms with Gasteiger partial charge < -0.3 is 10.6 Å². The molecule has 1 aliphatic heterocycles. The van der Waals surface area contributed by atoms with Crippen molar-refractivity contribution in [2.45, 2.75) is 19.5 Å². The number of amides is 1. The van der Waals surface area contributed by atoms with Crippen molar-refractivity contribution in [1.29, 1.82) is 0 Å². The molecule has 0 radical (unpaired) electrons. The number of carbonyl (C=O) groups is 1. The highest BCUT2D eigenvalue weighted by Gasteiger charge is 2.17. The van der Waals surface area contributed by atoms with E-state index in [0.29, 0.717) is 19.1 Å². The fourth-order valence-corrected chi connectivity index (χ4v) is 2.66. The van der Waals surface area contributed by atoms with E-state index in [1.807, 2.05) is 17.5 Å². The van der Waals surface area contributed by atoms with Crippen molar-refractivity contribution in [3.63, 3.8) is 0 Å². The molecule has 0 aliphatic carbocycles. The quantitative estimate of drug-likeness (QED) is 0.828. The first-order chi connectivity index (χ1) is 8.24. The molecule has 2 heterocycles. The Morgan fingerprint density at radius 2 is 2.59 bits per heavy atom. The number of carbonyl (C=O) groups excluding carboxylic acids is 1. The summed E-state index contributed by atoms with van der Waals surface area (Å²) in [5, 5.41) is 8.35. The van der Waals surface area contributed by atoms with Crippen LogP contribution in [0.15, 0.2) is 17.5 Å². The molecule has 1 aromatic rings. The Morgan fingerprint density at radius 1 is 1.71 bits per heavy atom. The van der Waals surface area contributed by atoms with Crippen LogP contribution in [0.4, 0.5) is 0 Å². The summed E-state index contributed by atoms with van der Waals surface area (Å²) in [6.07, 6.45) is 0. The van der Waals surface area contributed by atoms with Gasteiger partial charge in [-0.1, -0.05) is 6.07 Å². The molecular weight excluding hydrogens is 234 g/mol. The van der Waals surface area contributed by atoms with Crippen molar-refractivity contribution in [1.82, 2.24) is 15.5 Å². The summed E-state index contributed by atoms with van der Waals surface area (Å²) in [5.74, 6) is 0.118. The molecule has 1 aromatic heterocycles. The number of nitrogens with one attached hydrogen (secondary N) is 2. The van der Waals surface area contributed by atoms with Crippen LogP contribution in [-0.4, -0.2) is 43.0 Å². The predicted molar refractivity (Wildman–Crippen MR) is 70.1 cm³/mol. The van der Waals surface area contributed by atoms with Crippen molar-refractivity contribution >= 4 is 17.2 Å². The molecule has 0 bridgehead atoms. The highest BCUT2D eigenvalue weighted by molar-refractivity contribution is 7.09. The molecule has 1 atom stereocenters. The van der Waals surface area contributed by atoms with Crippen molar-refractivity contribution in [3.05, 3.63) is 22.4 Å². The Hall–Kier alpha value is -0.910. The first-order valence-electron chi connectivity index (χ1n) is 5.99. The number of thiophene rings is 1. The van der Waals surface area contributed by atoms with Gasteiger partial charge in [0.2, 0.25) is 5.91 Å². The Kier molecular flexibility index (Phi) is 4.53. The molecule has 94 valence electrons. The second kappa shape index (κ2) is 6.14. The van der Waals surface area contributed by atoms with Crippen LogP contribution in [0.1, 0.15) is 11.8 Å². The topological polar surface area (TPSA) is 44.4 Å². The highest BCUT2D eigenvalue weighted by Crippen LogP contribution is 2.07. The van der Waals surface area contributed by atoms with Gasteiger partial charge in [-0.3, -0.25) is 9.69 Å². The third-order valence-electron chi connectivity index (χ3n) is 2.86. The van der Waals surface area contributed by atoms with Gasteiger partial charge in [-0.05, 0) is 18.4 Å². The average Bonchev–Trinajstić information content (AvgIpc) is 2.79. The standard InChI is InChI=1S/C12H19N3OS/c1-10-8-15(5-4-13-10)9-12(16)14-7-11-3-2-6-17-11/h2-3,6,10,13H,4-5,7-9H2,1H3,(H,14,16)/t10-/m1/s1. The van der Waals surface area contributed by atoms with E-state index < -0.39 is 0 Å². The predicted octanol–water partition coefficient (Wildman–Crippen LogP) is 0.658. The normalized spacial score (nSPS) is 21.4. The SMILES string of the molecule is C[C@@H]1CN(CC(=O)NCc2cccs2)CCN1. The van der Waals surface area contributed by atoms with E-state index in [2.05, 4.69) is 22.5 Å². The third kappa shape index (κ3) is 4.11. The average molecular weight is 253 g/mol. The van der Waals surface area contributed by atoms with Crippen LogP contribution in [0.25, 0.3) is 0 Å². The number of hydrogen-bond donors (Lipinski definition) is 2. The molecule has 0 unspecified atom stereocenters. The molecule has 17 heavy (non-hydrogen) atoms. The number of rotatable bonds is 4. The van der Waals surface area contributed by atoms with Crippen LogP contribution in [0.5, 0.6) is 0 Å². The Bertz CT molecular complexity index is 353. The summed E-state index contributed by atoms with van der Waals surface area (Å²) in [4.78, 5) is 15.1. The summed E-state index contributed by atoms with van der Waals surface area (Å²) >= 11 is 1.67. The van der Waals surface area contributed by atoms with Crippen molar-refractivity contribution in [2.24, 2.45) is 0 Å². The van der Waals surface area contributed by atoms with E-state index in [0.717, 1.165) is 19.6 Å². The van der Waals surface area contributed by atoms with Crippen LogP contribution < -0.4 is 10.6 Å². The van der Waals surface area contributed by atoms with Gasteiger partial charge in [0.05, 0.1) is 13.1 Å². The number of hydrogen-bond acceptors (Lipinski definition) is 4. The largest absolute Gasteiger partial charge is 0.350 e. The smallest absolute Gasteiger partial charge is 0.234 e. The molecule has 1 saturated heterocycles. The van der Waals surface area contributed by atoms with Crippen LogP contribution in [0, 0.1) is 0 Å². The first-order valence-corrected chi connectivity index (χ1v) is 6.87. The zero-order chi connectivity index (χ0) is 12.1. The molecule has 0 spiro atoms. The molecule has 4 nitrogen and oxygen atoms in total. The van der Waals surface area contributed by atoms with E-state index in [9.17, 15) is 4.79 Å². The second-order valence-electron chi connectivity index (χ2n) is 4.45. The Balaban J connectivity index is 1.70. The van der Waals surface area contributed by atoms with Gasteiger partial charge in [0.15, 0.2) is 0 Å². The van der Waals surface area contributed by atoms with E-state index in [4.69, 9.17) is 0 Å². The first kappa shape index (κ1) is 12.5. The molecule has 2 rings (SSSR count). The lowest BCUT2D eigenvalue weighted by molar-refractivity contribution is -0.122. The molecule has 0 aromatic carbocycles. The summed E-state index contributed by atoms with van der Waals surface area (Å²) in [6.45, 7) is 6.19. The maximum Gasteiger partial charge on any atom is 0.234 e. The van der Waals surface area contributed by atoms with Gasteiger partial charge in [0.1, 0.15) is 0 Å². The minimum Gasteiger partial charge on any atom is -0.350 e. The minimum atomic E-state index is 0.118. The maximum absolute atomic E-state index is 11.7. The molecule has 1 aliphatic rings. The third-order valence-corrected chi connectivity index (χ3v) is 3.74. The zero-order valence-corrected chi connectivity index (χ0v) is 10.9. The minimum absolute atomic E-state index is 0.118. The van der Waals surface area contributed by atoms with Crippen molar-refractivity contribution < 1.29 is 4.79 Å². The fourth-order valence-electron chi connectivity index (χ4n) is 2.01. The zero-order valence-electron chi connectivity index (χ0n) is 10.1. The van der Waals surface area contributed by atoms with E-state index in [-0.39, 0.29) is 5.91 Å². The van der Waals surface area contributed by atoms with Crippen LogP contribution in [0.3, 0.4) is 0 Å². The van der Waals surface area contributed by atoms with Gasteiger partial charge in [0, 0.05) is 30.6 Å². The van der Waals surface area contributed by atoms with Crippen LogP contribution in [-0.2, 0) is 11.3 Å². The van der Waals surface area contributed by atoms with Crippen molar-refractivity contribution in [3.8, 4) is 0 Å². The molecule has 0 saturated carbocycles. The Labute approximate surface area is 106 Å². The summed E-state index contributed by atoms with van der Waals surface area (Å²) < 4.78 is 0. The molecular formula is C12H19N3OS.